The third-order valence-corrected chi connectivity index (χ3v) is 5.99. The number of ether oxygens (including phenoxy) is 1. The Morgan fingerprint density at radius 2 is 1.86 bits per heavy atom. The maximum Gasteiger partial charge on any atom is 0.233 e. The van der Waals surface area contributed by atoms with Crippen LogP contribution in [-0.4, -0.2) is 63.0 Å². The summed E-state index contributed by atoms with van der Waals surface area (Å²) in [5.74, 6) is 0.325. The van der Waals surface area contributed by atoms with Crippen LogP contribution in [-0.2, 0) is 0 Å². The van der Waals surface area contributed by atoms with Gasteiger partial charge in [-0.1, -0.05) is 11.6 Å². The predicted molar refractivity (Wildman–Crippen MR) is 122 cm³/mol. The number of rotatable bonds is 5. The SMILES string of the molecule is Fc1cc(-n2cnnn2)ccc1Oc1ncnc2c1cnn2C1CCN(c2ncc(Cl)cn2)CC1. The van der Waals surface area contributed by atoms with Gasteiger partial charge in [0.1, 0.15) is 18.0 Å². The molecule has 35 heavy (non-hydrogen) atoms. The molecule has 176 valence electrons. The van der Waals surface area contributed by atoms with Gasteiger partial charge in [-0.2, -0.15) is 5.10 Å². The summed E-state index contributed by atoms with van der Waals surface area (Å²) in [4.78, 5) is 19.3. The lowest BCUT2D eigenvalue weighted by Gasteiger charge is -2.32. The lowest BCUT2D eigenvalue weighted by Crippen LogP contribution is -2.36. The number of piperidine rings is 1. The molecular weight excluding hydrogens is 477 g/mol. The van der Waals surface area contributed by atoms with Crippen molar-refractivity contribution in [2.24, 2.45) is 0 Å². The molecule has 0 bridgehead atoms. The Hall–Kier alpha value is -4.26. The van der Waals surface area contributed by atoms with Crippen molar-refractivity contribution in [3.63, 3.8) is 0 Å². The van der Waals surface area contributed by atoms with Crippen molar-refractivity contribution in [2.45, 2.75) is 18.9 Å². The second-order valence-electron chi connectivity index (χ2n) is 7.90. The van der Waals surface area contributed by atoms with Gasteiger partial charge >= 0.3 is 0 Å². The topological polar surface area (TPSA) is 125 Å². The van der Waals surface area contributed by atoms with Crippen LogP contribution in [0.3, 0.4) is 0 Å². The van der Waals surface area contributed by atoms with E-state index >= 15 is 0 Å². The largest absolute Gasteiger partial charge is 0.435 e. The molecule has 5 heterocycles. The van der Waals surface area contributed by atoms with Gasteiger partial charge in [-0.3, -0.25) is 0 Å². The van der Waals surface area contributed by atoms with E-state index in [1.54, 1.807) is 24.7 Å². The molecule has 6 rings (SSSR count). The molecule has 0 saturated carbocycles. The van der Waals surface area contributed by atoms with Crippen LogP contribution in [0.4, 0.5) is 10.3 Å². The highest BCUT2D eigenvalue weighted by Crippen LogP contribution is 2.32. The molecule has 1 aromatic carbocycles. The molecule has 12 nitrogen and oxygen atoms in total. The molecule has 0 amide bonds. The Bertz CT molecular complexity index is 1470. The number of halogens is 2. The molecule has 1 aliphatic rings. The molecule has 0 spiro atoms. The van der Waals surface area contributed by atoms with E-state index in [0.29, 0.717) is 27.7 Å². The van der Waals surface area contributed by atoms with E-state index in [1.165, 1.54) is 29.5 Å². The van der Waals surface area contributed by atoms with E-state index in [2.05, 4.69) is 45.5 Å². The van der Waals surface area contributed by atoms with Crippen LogP contribution in [0.2, 0.25) is 5.02 Å². The van der Waals surface area contributed by atoms with Crippen molar-refractivity contribution in [1.29, 1.82) is 0 Å². The Balaban J connectivity index is 1.21. The summed E-state index contributed by atoms with van der Waals surface area (Å²) in [5.41, 5.74) is 1.10. The van der Waals surface area contributed by atoms with Crippen molar-refractivity contribution in [3.05, 3.63) is 60.3 Å². The van der Waals surface area contributed by atoms with Gasteiger partial charge < -0.3 is 9.64 Å². The van der Waals surface area contributed by atoms with Gasteiger partial charge in [-0.15, -0.1) is 5.10 Å². The van der Waals surface area contributed by atoms with E-state index < -0.39 is 5.82 Å². The highest BCUT2D eigenvalue weighted by Gasteiger charge is 2.25. The van der Waals surface area contributed by atoms with Gasteiger partial charge in [0.2, 0.25) is 11.8 Å². The molecule has 5 aromatic rings. The van der Waals surface area contributed by atoms with Crippen LogP contribution >= 0.6 is 11.6 Å². The average Bonchev–Trinajstić information content (AvgIpc) is 3.57. The minimum atomic E-state index is -0.575. The number of tetrazole rings is 1. The number of anilines is 1. The molecule has 0 radical (unpaired) electrons. The van der Waals surface area contributed by atoms with Crippen molar-refractivity contribution >= 4 is 28.6 Å². The second-order valence-corrected chi connectivity index (χ2v) is 8.33. The Labute approximate surface area is 202 Å². The Morgan fingerprint density at radius 3 is 2.60 bits per heavy atom. The summed E-state index contributed by atoms with van der Waals surface area (Å²) in [5, 5.41) is 16.5. The highest BCUT2D eigenvalue weighted by molar-refractivity contribution is 6.30. The van der Waals surface area contributed by atoms with E-state index in [1.807, 2.05) is 4.68 Å². The van der Waals surface area contributed by atoms with Crippen LogP contribution < -0.4 is 9.64 Å². The monoisotopic (exact) mass is 493 g/mol. The van der Waals surface area contributed by atoms with Crippen LogP contribution in [0, 0.1) is 5.82 Å². The molecular formula is C21H17ClFN11O. The van der Waals surface area contributed by atoms with E-state index in [4.69, 9.17) is 16.3 Å². The first-order chi connectivity index (χ1) is 17.2. The quantitative estimate of drug-likeness (QED) is 0.360. The summed E-state index contributed by atoms with van der Waals surface area (Å²) in [6, 6.07) is 4.56. The first kappa shape index (κ1) is 21.3. The normalized spacial score (nSPS) is 14.5. The summed E-state index contributed by atoms with van der Waals surface area (Å²) < 4.78 is 23.8. The number of hydrogen-bond acceptors (Lipinski definition) is 10. The molecule has 1 saturated heterocycles. The summed E-state index contributed by atoms with van der Waals surface area (Å²) in [7, 11) is 0. The highest BCUT2D eigenvalue weighted by atomic mass is 35.5. The van der Waals surface area contributed by atoms with Gasteiger partial charge in [0.15, 0.2) is 17.2 Å². The number of fused-ring (bicyclic) bond motifs is 1. The summed E-state index contributed by atoms with van der Waals surface area (Å²) in [6.07, 6.45) is 9.26. The van der Waals surface area contributed by atoms with E-state index in [9.17, 15) is 4.39 Å². The first-order valence-corrected chi connectivity index (χ1v) is 11.1. The predicted octanol–water partition coefficient (Wildman–Crippen LogP) is 3.02. The van der Waals surface area contributed by atoms with E-state index in [-0.39, 0.29) is 17.7 Å². The molecule has 1 aliphatic heterocycles. The van der Waals surface area contributed by atoms with Crippen molar-refractivity contribution in [3.8, 4) is 17.3 Å². The third-order valence-electron chi connectivity index (χ3n) is 5.79. The molecule has 0 unspecified atom stereocenters. The fraction of sp³-hybridized carbons (Fsp3) is 0.238. The van der Waals surface area contributed by atoms with Crippen LogP contribution in [0.1, 0.15) is 18.9 Å². The molecule has 1 fully saturated rings. The van der Waals surface area contributed by atoms with Crippen molar-refractivity contribution in [1.82, 2.24) is 49.9 Å². The van der Waals surface area contributed by atoms with Crippen LogP contribution in [0.15, 0.2) is 49.4 Å². The zero-order valence-electron chi connectivity index (χ0n) is 18.1. The summed E-state index contributed by atoms with van der Waals surface area (Å²) >= 11 is 5.89. The third kappa shape index (κ3) is 4.10. The number of benzene rings is 1. The zero-order valence-corrected chi connectivity index (χ0v) is 18.9. The van der Waals surface area contributed by atoms with Gasteiger partial charge in [-0.25, -0.2) is 33.7 Å². The molecule has 4 aromatic heterocycles. The fourth-order valence-electron chi connectivity index (χ4n) is 4.07. The average molecular weight is 494 g/mol. The Morgan fingerprint density at radius 1 is 1.03 bits per heavy atom. The fourth-order valence-corrected chi connectivity index (χ4v) is 4.16. The maximum atomic E-state index is 14.7. The lowest BCUT2D eigenvalue weighted by atomic mass is 10.1. The van der Waals surface area contributed by atoms with E-state index in [0.717, 1.165) is 25.9 Å². The van der Waals surface area contributed by atoms with Gasteiger partial charge in [-0.05, 0) is 35.4 Å². The van der Waals surface area contributed by atoms with Crippen LogP contribution in [0.25, 0.3) is 16.7 Å². The molecule has 0 atom stereocenters. The van der Waals surface area contributed by atoms with Crippen molar-refractivity contribution < 1.29 is 9.13 Å². The number of aromatic nitrogens is 10. The second kappa shape index (κ2) is 8.83. The maximum absolute atomic E-state index is 14.7. The van der Waals surface area contributed by atoms with Gasteiger partial charge in [0.05, 0.1) is 35.3 Å². The molecule has 14 heteroatoms. The van der Waals surface area contributed by atoms with Gasteiger partial charge in [0.25, 0.3) is 0 Å². The van der Waals surface area contributed by atoms with Crippen LogP contribution in [0.5, 0.6) is 11.6 Å². The summed E-state index contributed by atoms with van der Waals surface area (Å²) in [6.45, 7) is 1.53. The minimum absolute atomic E-state index is 0.0193. The smallest absolute Gasteiger partial charge is 0.233 e. The minimum Gasteiger partial charge on any atom is -0.435 e. The first-order valence-electron chi connectivity index (χ1n) is 10.8. The molecule has 0 aliphatic carbocycles. The molecule has 0 N–H and O–H groups in total. The van der Waals surface area contributed by atoms with Gasteiger partial charge in [0, 0.05) is 19.2 Å². The standard InChI is InChI=1S/C21H17ClFN11O/c22-13-8-24-21(25-9-13)32-5-3-14(4-6-32)34-19-16(10-29-34)20(27-11-26-19)35-18-2-1-15(7-17(18)23)33-12-28-30-31-33/h1-2,7-12,14H,3-6H2. The zero-order chi connectivity index (χ0) is 23.8. The number of hydrogen-bond donors (Lipinski definition) is 0. The lowest BCUT2D eigenvalue weighted by molar-refractivity contribution is 0.372. The Kier molecular flexibility index (Phi) is 5.37. The van der Waals surface area contributed by atoms with Crippen molar-refractivity contribution in [2.75, 3.05) is 18.0 Å². The number of nitrogens with zero attached hydrogens (tertiary/aromatic N) is 11.